The summed E-state index contributed by atoms with van der Waals surface area (Å²) < 4.78 is 34.9. The molecule has 0 heterocycles. The van der Waals surface area contributed by atoms with Gasteiger partial charge in [0.1, 0.15) is 18.8 Å². The van der Waals surface area contributed by atoms with E-state index in [1.165, 1.54) is 25.1 Å². The zero-order valence-corrected chi connectivity index (χ0v) is 21.1. The van der Waals surface area contributed by atoms with Crippen molar-refractivity contribution >= 4 is 24.4 Å². The molecule has 1 rings (SSSR count). The van der Waals surface area contributed by atoms with Gasteiger partial charge in [0.05, 0.1) is 19.8 Å². The predicted octanol–water partition coefficient (Wildman–Crippen LogP) is 3.90. The van der Waals surface area contributed by atoms with Crippen LogP contribution >= 0.6 is 0 Å². The summed E-state index contributed by atoms with van der Waals surface area (Å²) in [7, 11) is 0. The van der Waals surface area contributed by atoms with Gasteiger partial charge in [-0.15, -0.1) is 0 Å². The van der Waals surface area contributed by atoms with Crippen molar-refractivity contribution in [2.24, 2.45) is 5.73 Å². The van der Waals surface area contributed by atoms with Crippen molar-refractivity contribution in [1.29, 1.82) is 0 Å². The average molecular weight is 514 g/mol. The standard InChI is InChI=1S/C24H35NO11/c1-5-10-30-22(27)34-16(4)15-33-21(26)18(25)13-17-8-9-19(35-23(28)31-11-6-2)20(14-17)36-24(29)32-12-7-3/h8-9,14,16,18H,5-7,10-13,15,25H2,1-4H3/t16-,18-/m0/s1. The van der Waals surface area contributed by atoms with Gasteiger partial charge in [0.2, 0.25) is 0 Å². The Balaban J connectivity index is 2.79. The summed E-state index contributed by atoms with van der Waals surface area (Å²) in [5.41, 5.74) is 6.43. The average Bonchev–Trinajstić information content (AvgIpc) is 2.84. The lowest BCUT2D eigenvalue weighted by Crippen LogP contribution is -2.36. The number of nitrogens with two attached hydrogens (primary N) is 1. The largest absolute Gasteiger partial charge is 0.513 e. The topological polar surface area (TPSA) is 159 Å². The fourth-order valence-corrected chi connectivity index (χ4v) is 2.51. The summed E-state index contributed by atoms with van der Waals surface area (Å²) in [5, 5.41) is 0. The maximum atomic E-state index is 12.3. The molecular formula is C24H35NO11. The number of hydrogen-bond donors (Lipinski definition) is 1. The molecule has 36 heavy (non-hydrogen) atoms. The normalized spacial score (nSPS) is 12.0. The molecule has 1 aromatic rings. The van der Waals surface area contributed by atoms with Gasteiger partial charge in [-0.1, -0.05) is 26.8 Å². The van der Waals surface area contributed by atoms with E-state index >= 15 is 0 Å². The summed E-state index contributed by atoms with van der Waals surface area (Å²) in [4.78, 5) is 47.5. The van der Waals surface area contributed by atoms with Crippen LogP contribution in [0.5, 0.6) is 11.5 Å². The predicted molar refractivity (Wildman–Crippen MR) is 126 cm³/mol. The Morgan fingerprint density at radius 2 is 1.31 bits per heavy atom. The van der Waals surface area contributed by atoms with Gasteiger partial charge < -0.3 is 38.9 Å². The van der Waals surface area contributed by atoms with Crippen LogP contribution in [0.1, 0.15) is 52.5 Å². The summed E-state index contributed by atoms with van der Waals surface area (Å²) >= 11 is 0. The van der Waals surface area contributed by atoms with Gasteiger partial charge in [0.15, 0.2) is 11.5 Å². The Morgan fingerprint density at radius 3 is 1.86 bits per heavy atom. The first-order chi connectivity index (χ1) is 17.2. The van der Waals surface area contributed by atoms with E-state index in [2.05, 4.69) is 0 Å². The fourth-order valence-electron chi connectivity index (χ4n) is 2.51. The number of carbonyl (C=O) groups is 4. The molecule has 0 amide bonds. The first kappa shape index (κ1) is 30.5. The summed E-state index contributed by atoms with van der Waals surface area (Å²) in [6.45, 7) is 7.34. The third kappa shape index (κ3) is 12.2. The number of ether oxygens (including phenoxy) is 7. The van der Waals surface area contributed by atoms with Crippen molar-refractivity contribution in [3.05, 3.63) is 23.8 Å². The molecule has 0 saturated carbocycles. The van der Waals surface area contributed by atoms with Crippen LogP contribution in [0.25, 0.3) is 0 Å². The minimum absolute atomic E-state index is 0.00748. The van der Waals surface area contributed by atoms with Gasteiger partial charge in [-0.05, 0) is 50.3 Å². The maximum absolute atomic E-state index is 12.3. The van der Waals surface area contributed by atoms with Crippen LogP contribution in [0.15, 0.2) is 18.2 Å². The Labute approximate surface area is 210 Å². The Kier molecular flexibility index (Phi) is 14.4. The molecule has 12 heteroatoms. The highest BCUT2D eigenvalue weighted by molar-refractivity contribution is 5.76. The van der Waals surface area contributed by atoms with E-state index in [9.17, 15) is 19.2 Å². The molecule has 0 aliphatic heterocycles. The highest BCUT2D eigenvalue weighted by Gasteiger charge is 2.21. The second-order valence-corrected chi connectivity index (χ2v) is 7.65. The number of benzene rings is 1. The molecule has 0 unspecified atom stereocenters. The lowest BCUT2D eigenvalue weighted by molar-refractivity contribution is -0.148. The number of rotatable bonds is 14. The van der Waals surface area contributed by atoms with Crippen LogP contribution in [-0.2, 0) is 34.9 Å². The lowest BCUT2D eigenvalue weighted by Gasteiger charge is -2.16. The third-order valence-electron chi connectivity index (χ3n) is 4.18. The van der Waals surface area contributed by atoms with E-state index in [0.717, 1.165) is 0 Å². The zero-order chi connectivity index (χ0) is 26.9. The molecular weight excluding hydrogens is 478 g/mol. The molecule has 0 fully saturated rings. The molecule has 2 N–H and O–H groups in total. The molecule has 2 atom stereocenters. The van der Waals surface area contributed by atoms with Crippen molar-refractivity contribution < 1.29 is 52.3 Å². The molecule has 12 nitrogen and oxygen atoms in total. The van der Waals surface area contributed by atoms with Crippen LogP contribution in [0.2, 0.25) is 0 Å². The minimum Gasteiger partial charge on any atom is -0.461 e. The van der Waals surface area contributed by atoms with Gasteiger partial charge in [-0.25, -0.2) is 14.4 Å². The molecule has 202 valence electrons. The van der Waals surface area contributed by atoms with Crippen LogP contribution in [0.3, 0.4) is 0 Å². The molecule has 0 radical (unpaired) electrons. The van der Waals surface area contributed by atoms with E-state index in [0.29, 0.717) is 24.8 Å². The smallest absolute Gasteiger partial charge is 0.461 e. The van der Waals surface area contributed by atoms with E-state index in [4.69, 9.17) is 38.9 Å². The second kappa shape index (κ2) is 17.0. The Morgan fingerprint density at radius 1 is 0.778 bits per heavy atom. The SMILES string of the molecule is CCCOC(=O)Oc1ccc(C[C@H](N)C(=O)OC[C@H](C)OC(=O)OCCC)cc1OC(=O)OCCC. The molecule has 0 aromatic heterocycles. The minimum atomic E-state index is -1.08. The summed E-state index contributed by atoms with van der Waals surface area (Å²) in [6, 6.07) is 3.22. The van der Waals surface area contributed by atoms with E-state index < -0.39 is 36.6 Å². The van der Waals surface area contributed by atoms with Crippen molar-refractivity contribution in [1.82, 2.24) is 0 Å². The summed E-state index contributed by atoms with van der Waals surface area (Å²) in [5.74, 6) is -0.929. The van der Waals surface area contributed by atoms with Gasteiger partial charge in [-0.3, -0.25) is 4.79 Å². The van der Waals surface area contributed by atoms with Crippen LogP contribution in [0, 0.1) is 0 Å². The first-order valence-electron chi connectivity index (χ1n) is 11.8. The van der Waals surface area contributed by atoms with Crippen molar-refractivity contribution in [2.75, 3.05) is 26.4 Å². The van der Waals surface area contributed by atoms with Crippen LogP contribution in [0.4, 0.5) is 14.4 Å². The Hall–Kier alpha value is -3.54. The lowest BCUT2D eigenvalue weighted by atomic mass is 10.1. The molecule has 0 aliphatic carbocycles. The van der Waals surface area contributed by atoms with Crippen molar-refractivity contribution in [3.8, 4) is 11.5 Å². The summed E-state index contributed by atoms with van der Waals surface area (Å²) in [6.07, 6.45) is -1.70. The fraction of sp³-hybridized carbons (Fsp3) is 0.583. The molecule has 0 saturated heterocycles. The van der Waals surface area contributed by atoms with Gasteiger partial charge in [0, 0.05) is 0 Å². The molecule has 0 spiro atoms. The Bertz CT molecular complexity index is 858. The molecule has 0 bridgehead atoms. The quantitative estimate of drug-likeness (QED) is 0.217. The third-order valence-corrected chi connectivity index (χ3v) is 4.18. The second-order valence-electron chi connectivity index (χ2n) is 7.65. The van der Waals surface area contributed by atoms with Crippen LogP contribution < -0.4 is 15.2 Å². The molecule has 0 aliphatic rings. The monoisotopic (exact) mass is 513 g/mol. The van der Waals surface area contributed by atoms with Gasteiger partial charge >= 0.3 is 24.4 Å². The maximum Gasteiger partial charge on any atom is 0.513 e. The highest BCUT2D eigenvalue weighted by atomic mass is 16.7. The van der Waals surface area contributed by atoms with E-state index in [-0.39, 0.29) is 44.3 Å². The first-order valence-corrected chi connectivity index (χ1v) is 11.8. The highest BCUT2D eigenvalue weighted by Crippen LogP contribution is 2.30. The van der Waals surface area contributed by atoms with Crippen molar-refractivity contribution in [2.45, 2.75) is 65.5 Å². The van der Waals surface area contributed by atoms with Gasteiger partial charge in [-0.2, -0.15) is 0 Å². The van der Waals surface area contributed by atoms with Gasteiger partial charge in [0.25, 0.3) is 0 Å². The van der Waals surface area contributed by atoms with Crippen molar-refractivity contribution in [3.63, 3.8) is 0 Å². The van der Waals surface area contributed by atoms with E-state index in [1.54, 1.807) is 0 Å². The van der Waals surface area contributed by atoms with Crippen LogP contribution in [-0.4, -0.2) is 63.0 Å². The molecule has 1 aromatic carbocycles. The van der Waals surface area contributed by atoms with E-state index in [1.807, 2.05) is 20.8 Å². The number of esters is 1. The zero-order valence-electron chi connectivity index (χ0n) is 21.1. The number of carbonyl (C=O) groups excluding carboxylic acids is 4. The number of hydrogen-bond acceptors (Lipinski definition) is 12.